The molecule has 2 aliphatic rings. The van der Waals surface area contributed by atoms with Gasteiger partial charge >= 0.3 is 0 Å². The number of nitrogens with zero attached hydrogens (tertiary/aromatic N) is 3. The molecule has 1 saturated heterocycles. The SMILES string of the molecule is N#CCCN(C(=O)CN1CCNCC1)C1CC1. The molecule has 94 valence electrons. The average Bonchev–Trinajstić information content (AvgIpc) is 3.15. The number of nitriles is 1. The lowest BCUT2D eigenvalue weighted by molar-refractivity contribution is -0.133. The van der Waals surface area contributed by atoms with E-state index in [1.54, 1.807) is 0 Å². The van der Waals surface area contributed by atoms with Crippen molar-refractivity contribution >= 4 is 5.91 Å². The third kappa shape index (κ3) is 3.69. The van der Waals surface area contributed by atoms with Crippen molar-refractivity contribution in [3.63, 3.8) is 0 Å². The van der Waals surface area contributed by atoms with E-state index < -0.39 is 0 Å². The fourth-order valence-corrected chi connectivity index (χ4v) is 2.22. The molecule has 0 atom stereocenters. The zero-order valence-electron chi connectivity index (χ0n) is 10.2. The maximum absolute atomic E-state index is 12.2. The van der Waals surface area contributed by atoms with Crippen molar-refractivity contribution < 1.29 is 4.79 Å². The van der Waals surface area contributed by atoms with Crippen LogP contribution < -0.4 is 5.32 Å². The number of hydrogen-bond acceptors (Lipinski definition) is 4. The molecule has 1 N–H and O–H groups in total. The van der Waals surface area contributed by atoms with E-state index in [0.717, 1.165) is 39.0 Å². The maximum Gasteiger partial charge on any atom is 0.237 e. The van der Waals surface area contributed by atoms with Gasteiger partial charge in [0.1, 0.15) is 0 Å². The maximum atomic E-state index is 12.2. The molecule has 17 heavy (non-hydrogen) atoms. The van der Waals surface area contributed by atoms with Crippen LogP contribution in [0.2, 0.25) is 0 Å². The molecule has 1 aliphatic carbocycles. The lowest BCUT2D eigenvalue weighted by Gasteiger charge is -2.29. The van der Waals surface area contributed by atoms with E-state index in [0.29, 0.717) is 25.6 Å². The fraction of sp³-hybridized carbons (Fsp3) is 0.833. The van der Waals surface area contributed by atoms with Crippen molar-refractivity contribution in [2.45, 2.75) is 25.3 Å². The van der Waals surface area contributed by atoms with Crippen LogP contribution in [0.5, 0.6) is 0 Å². The van der Waals surface area contributed by atoms with Gasteiger partial charge < -0.3 is 10.2 Å². The minimum absolute atomic E-state index is 0.199. The summed E-state index contributed by atoms with van der Waals surface area (Å²) < 4.78 is 0. The number of carbonyl (C=O) groups is 1. The van der Waals surface area contributed by atoms with Crippen molar-refractivity contribution in [3.05, 3.63) is 0 Å². The lowest BCUT2D eigenvalue weighted by atomic mass is 10.3. The highest BCUT2D eigenvalue weighted by Gasteiger charge is 2.32. The topological polar surface area (TPSA) is 59.4 Å². The van der Waals surface area contributed by atoms with Crippen LogP contribution in [0.4, 0.5) is 0 Å². The summed E-state index contributed by atoms with van der Waals surface area (Å²) in [6.07, 6.45) is 2.67. The largest absolute Gasteiger partial charge is 0.338 e. The average molecular weight is 236 g/mol. The summed E-state index contributed by atoms with van der Waals surface area (Å²) in [7, 11) is 0. The van der Waals surface area contributed by atoms with E-state index in [9.17, 15) is 4.79 Å². The molecule has 0 radical (unpaired) electrons. The Labute approximate surface area is 102 Å². The van der Waals surface area contributed by atoms with Crippen molar-refractivity contribution in [1.29, 1.82) is 5.26 Å². The van der Waals surface area contributed by atoms with Gasteiger partial charge in [-0.3, -0.25) is 9.69 Å². The van der Waals surface area contributed by atoms with E-state index >= 15 is 0 Å². The summed E-state index contributed by atoms with van der Waals surface area (Å²) in [4.78, 5) is 16.3. The van der Waals surface area contributed by atoms with Gasteiger partial charge in [-0.1, -0.05) is 0 Å². The second-order valence-corrected chi connectivity index (χ2v) is 4.75. The van der Waals surface area contributed by atoms with Crippen molar-refractivity contribution in [3.8, 4) is 6.07 Å². The molecule has 0 spiro atoms. The van der Waals surface area contributed by atoms with Crippen LogP contribution in [0.15, 0.2) is 0 Å². The van der Waals surface area contributed by atoms with Crippen molar-refractivity contribution in [2.24, 2.45) is 0 Å². The van der Waals surface area contributed by atoms with Crippen LogP contribution in [0.3, 0.4) is 0 Å². The predicted molar refractivity (Wildman–Crippen MR) is 64.3 cm³/mol. The number of carbonyl (C=O) groups excluding carboxylic acids is 1. The molecule has 1 heterocycles. The molecular weight excluding hydrogens is 216 g/mol. The molecule has 1 saturated carbocycles. The van der Waals surface area contributed by atoms with Gasteiger partial charge in [-0.15, -0.1) is 0 Å². The van der Waals surface area contributed by atoms with Crippen LogP contribution in [0.25, 0.3) is 0 Å². The first-order valence-electron chi connectivity index (χ1n) is 6.41. The monoisotopic (exact) mass is 236 g/mol. The standard InChI is InChI=1S/C12H20N4O/c13-4-1-7-16(11-2-3-11)12(17)10-15-8-5-14-6-9-15/h11,14H,1-3,5-10H2. The minimum Gasteiger partial charge on any atom is -0.338 e. The van der Waals surface area contributed by atoms with E-state index in [1.165, 1.54) is 0 Å². The molecule has 5 heteroatoms. The molecule has 2 fully saturated rings. The van der Waals surface area contributed by atoms with Crippen molar-refractivity contribution in [2.75, 3.05) is 39.3 Å². The second kappa shape index (κ2) is 5.99. The first kappa shape index (κ1) is 12.3. The molecule has 0 unspecified atom stereocenters. The Balaban J connectivity index is 1.80. The highest BCUT2D eigenvalue weighted by Crippen LogP contribution is 2.27. The first-order chi connectivity index (χ1) is 8.31. The number of hydrogen-bond donors (Lipinski definition) is 1. The molecule has 0 aromatic carbocycles. The van der Waals surface area contributed by atoms with E-state index in [4.69, 9.17) is 5.26 Å². The van der Waals surface area contributed by atoms with Gasteiger partial charge in [0.2, 0.25) is 5.91 Å². The Morgan fingerprint density at radius 2 is 2.12 bits per heavy atom. The first-order valence-corrected chi connectivity index (χ1v) is 6.41. The third-order valence-corrected chi connectivity index (χ3v) is 3.34. The summed E-state index contributed by atoms with van der Waals surface area (Å²) in [5.41, 5.74) is 0. The van der Waals surface area contributed by atoms with Gasteiger partial charge in [-0.25, -0.2) is 0 Å². The predicted octanol–water partition coefficient (Wildman–Crippen LogP) is -0.204. The summed E-state index contributed by atoms with van der Waals surface area (Å²) >= 11 is 0. The zero-order valence-corrected chi connectivity index (χ0v) is 10.2. The van der Waals surface area contributed by atoms with Gasteiger partial charge in [0.15, 0.2) is 0 Å². The van der Waals surface area contributed by atoms with Gasteiger partial charge in [-0.05, 0) is 12.8 Å². The van der Waals surface area contributed by atoms with E-state index in [1.807, 2.05) is 4.90 Å². The molecule has 0 aromatic heterocycles. The van der Waals surface area contributed by atoms with Crippen LogP contribution in [0.1, 0.15) is 19.3 Å². The smallest absolute Gasteiger partial charge is 0.237 e. The Morgan fingerprint density at radius 1 is 1.41 bits per heavy atom. The Bertz CT molecular complexity index is 302. The number of rotatable bonds is 5. The molecule has 2 rings (SSSR count). The molecule has 1 aliphatic heterocycles. The summed E-state index contributed by atoms with van der Waals surface area (Å²) in [5, 5.41) is 11.9. The van der Waals surface area contributed by atoms with E-state index in [-0.39, 0.29) is 5.91 Å². The van der Waals surface area contributed by atoms with Gasteiger partial charge in [0.05, 0.1) is 19.0 Å². The van der Waals surface area contributed by atoms with Gasteiger partial charge in [-0.2, -0.15) is 5.26 Å². The zero-order chi connectivity index (χ0) is 12.1. The summed E-state index contributed by atoms with van der Waals surface area (Å²) in [6, 6.07) is 2.54. The molecule has 0 aromatic rings. The molecular formula is C12H20N4O. The van der Waals surface area contributed by atoms with Crippen LogP contribution >= 0.6 is 0 Å². The van der Waals surface area contributed by atoms with Gasteiger partial charge in [0.25, 0.3) is 0 Å². The summed E-state index contributed by atoms with van der Waals surface area (Å²) in [5.74, 6) is 0.199. The molecule has 5 nitrogen and oxygen atoms in total. The lowest BCUT2D eigenvalue weighted by Crippen LogP contribution is -2.49. The third-order valence-electron chi connectivity index (χ3n) is 3.34. The number of piperazine rings is 1. The number of nitrogens with one attached hydrogen (secondary N) is 1. The Hall–Kier alpha value is -1.12. The Kier molecular flexibility index (Phi) is 4.35. The van der Waals surface area contributed by atoms with Gasteiger partial charge in [0, 0.05) is 38.8 Å². The number of amides is 1. The molecule has 0 bridgehead atoms. The van der Waals surface area contributed by atoms with Crippen molar-refractivity contribution in [1.82, 2.24) is 15.1 Å². The second-order valence-electron chi connectivity index (χ2n) is 4.75. The molecule has 1 amide bonds. The normalized spacial score (nSPS) is 20.9. The highest BCUT2D eigenvalue weighted by molar-refractivity contribution is 5.79. The minimum atomic E-state index is 0.199. The van der Waals surface area contributed by atoms with E-state index in [2.05, 4.69) is 16.3 Å². The quantitative estimate of drug-likeness (QED) is 0.718. The van der Waals surface area contributed by atoms with Crippen LogP contribution in [-0.4, -0.2) is 61.0 Å². The highest BCUT2D eigenvalue weighted by atomic mass is 16.2. The summed E-state index contributed by atoms with van der Waals surface area (Å²) in [6.45, 7) is 4.95. The Morgan fingerprint density at radius 3 is 2.71 bits per heavy atom. The van der Waals surface area contributed by atoms with Crippen LogP contribution in [0, 0.1) is 11.3 Å². The fourth-order valence-electron chi connectivity index (χ4n) is 2.22. The van der Waals surface area contributed by atoms with Crippen LogP contribution in [-0.2, 0) is 4.79 Å².